The van der Waals surface area contributed by atoms with E-state index in [2.05, 4.69) is 40.3 Å². The van der Waals surface area contributed by atoms with Crippen molar-refractivity contribution in [3.63, 3.8) is 0 Å². The van der Waals surface area contributed by atoms with Gasteiger partial charge in [-0.05, 0) is 19.8 Å². The number of hydrogen-bond acceptors (Lipinski definition) is 2. The maximum atomic E-state index is 4.54. The Balaban J connectivity index is 3.64. The highest BCUT2D eigenvalue weighted by Crippen LogP contribution is 2.36. The Morgan fingerprint density at radius 1 is 1.50 bits per heavy atom. The fourth-order valence-corrected chi connectivity index (χ4v) is 2.34. The van der Waals surface area contributed by atoms with E-state index in [1.54, 1.807) is 0 Å². The highest BCUT2D eigenvalue weighted by Gasteiger charge is 2.19. The molecule has 0 N–H and O–H groups in total. The van der Waals surface area contributed by atoms with Crippen LogP contribution < -0.4 is 0 Å². The van der Waals surface area contributed by atoms with Crippen molar-refractivity contribution in [2.24, 2.45) is 0 Å². The summed E-state index contributed by atoms with van der Waals surface area (Å²) < 4.78 is 0.176. The van der Waals surface area contributed by atoms with Gasteiger partial charge < -0.3 is 0 Å². The first kappa shape index (κ1) is 10.7. The monoisotopic (exact) mass is 178 g/mol. The lowest BCUT2D eigenvalue weighted by atomic mass is 10.3. The summed E-state index contributed by atoms with van der Waals surface area (Å²) in [5, 5.41) is 0.738. The predicted molar refractivity (Wildman–Crippen MR) is 55.0 cm³/mol. The largest absolute Gasteiger partial charge is 0.162 e. The molecule has 0 aliphatic rings. The second-order valence-electron chi connectivity index (χ2n) is 2.87. The van der Waals surface area contributed by atoms with Crippen molar-refractivity contribution in [2.75, 3.05) is 0 Å². The quantitative estimate of drug-likeness (QED) is 0.507. The molecule has 0 radical (unpaired) electrons. The molecule has 0 rings (SSSR count). The lowest BCUT2D eigenvalue weighted by molar-refractivity contribution is 0.826. The molecule has 0 aliphatic heterocycles. The summed E-state index contributed by atoms with van der Waals surface area (Å²) in [6, 6.07) is 0. The van der Waals surface area contributed by atoms with Gasteiger partial charge in [0.1, 0.15) is 0 Å². The molecule has 0 amide bonds. The van der Waals surface area contributed by atoms with Crippen LogP contribution >= 0.6 is 24.4 Å². The van der Waals surface area contributed by atoms with Crippen molar-refractivity contribution in [3.8, 4) is 0 Å². The van der Waals surface area contributed by atoms with Gasteiger partial charge in [0.05, 0.1) is 4.08 Å². The molecule has 0 aromatic carbocycles. The molecule has 0 saturated carbocycles. The molecule has 2 atom stereocenters. The van der Waals surface area contributed by atoms with Gasteiger partial charge in [0.2, 0.25) is 0 Å². The highest BCUT2D eigenvalue weighted by molar-refractivity contribution is 8.11. The first-order valence-corrected chi connectivity index (χ1v) is 5.24. The van der Waals surface area contributed by atoms with Crippen LogP contribution in [0.15, 0.2) is 0 Å². The standard InChI is InChI=1S/C8H18S2/c1-5-7(3)10-8(4,9)6-2/h7,9H,5-6H2,1-4H3. The van der Waals surface area contributed by atoms with Crippen LogP contribution in [-0.2, 0) is 0 Å². The molecule has 0 heterocycles. The lowest BCUT2D eigenvalue weighted by Gasteiger charge is -2.24. The summed E-state index contributed by atoms with van der Waals surface area (Å²) in [6.45, 7) is 8.85. The van der Waals surface area contributed by atoms with Gasteiger partial charge >= 0.3 is 0 Å². The van der Waals surface area contributed by atoms with Gasteiger partial charge in [0.15, 0.2) is 0 Å². The molecule has 0 aliphatic carbocycles. The molecule has 2 unspecified atom stereocenters. The molecule has 62 valence electrons. The summed E-state index contributed by atoms with van der Waals surface area (Å²) in [6.07, 6.45) is 2.37. The number of thiol groups is 1. The van der Waals surface area contributed by atoms with Gasteiger partial charge in [0, 0.05) is 5.25 Å². The van der Waals surface area contributed by atoms with Gasteiger partial charge in [-0.2, -0.15) is 12.6 Å². The van der Waals surface area contributed by atoms with Crippen LogP contribution in [0.3, 0.4) is 0 Å². The minimum atomic E-state index is 0.176. The van der Waals surface area contributed by atoms with Crippen molar-refractivity contribution in [1.29, 1.82) is 0 Å². The molecule has 0 aromatic heterocycles. The number of thioether (sulfide) groups is 1. The van der Waals surface area contributed by atoms with Crippen molar-refractivity contribution < 1.29 is 0 Å². The first-order valence-electron chi connectivity index (χ1n) is 3.92. The fourth-order valence-electron chi connectivity index (χ4n) is 0.600. The Bertz CT molecular complexity index is 89.3. The molecular formula is C8H18S2. The van der Waals surface area contributed by atoms with Crippen LogP contribution in [0.2, 0.25) is 0 Å². The number of rotatable bonds is 4. The van der Waals surface area contributed by atoms with E-state index < -0.39 is 0 Å². The summed E-state index contributed by atoms with van der Waals surface area (Å²) in [4.78, 5) is 0. The SMILES string of the molecule is CCC(C)SC(C)(S)CC. The predicted octanol–water partition coefficient (Wildman–Crippen LogP) is 3.57. The van der Waals surface area contributed by atoms with Crippen LogP contribution in [-0.4, -0.2) is 9.33 Å². The van der Waals surface area contributed by atoms with Gasteiger partial charge in [-0.15, -0.1) is 11.8 Å². The van der Waals surface area contributed by atoms with E-state index in [1.165, 1.54) is 6.42 Å². The zero-order chi connectivity index (χ0) is 8.20. The first-order chi connectivity index (χ1) is 4.52. The maximum Gasteiger partial charge on any atom is 0.0553 e. The Labute approximate surface area is 74.6 Å². The Morgan fingerprint density at radius 2 is 2.00 bits per heavy atom. The molecule has 0 saturated heterocycles. The fraction of sp³-hybridized carbons (Fsp3) is 1.00. The normalized spacial score (nSPS) is 20.1. The summed E-state index contributed by atoms with van der Waals surface area (Å²) in [5.74, 6) is 0. The second-order valence-corrected chi connectivity index (χ2v) is 6.10. The smallest absolute Gasteiger partial charge is 0.0553 e. The Kier molecular flexibility index (Phi) is 4.87. The van der Waals surface area contributed by atoms with E-state index in [4.69, 9.17) is 0 Å². The topological polar surface area (TPSA) is 0 Å². The molecular weight excluding hydrogens is 160 g/mol. The third kappa shape index (κ3) is 4.51. The maximum absolute atomic E-state index is 4.54. The van der Waals surface area contributed by atoms with Crippen molar-refractivity contribution in [3.05, 3.63) is 0 Å². The number of hydrogen-bond donors (Lipinski definition) is 1. The summed E-state index contributed by atoms with van der Waals surface area (Å²) >= 11 is 6.51. The molecule has 10 heavy (non-hydrogen) atoms. The van der Waals surface area contributed by atoms with Gasteiger partial charge in [0.25, 0.3) is 0 Å². The minimum absolute atomic E-state index is 0.176. The van der Waals surface area contributed by atoms with Crippen LogP contribution in [0.25, 0.3) is 0 Å². The van der Waals surface area contributed by atoms with Gasteiger partial charge in [-0.3, -0.25) is 0 Å². The zero-order valence-electron chi connectivity index (χ0n) is 7.35. The highest BCUT2D eigenvalue weighted by atomic mass is 32.2. The molecule has 0 spiro atoms. The average Bonchev–Trinajstić information content (AvgIpc) is 1.87. The van der Waals surface area contributed by atoms with E-state index in [0.717, 1.165) is 11.7 Å². The molecule has 0 bridgehead atoms. The van der Waals surface area contributed by atoms with E-state index in [-0.39, 0.29) is 4.08 Å². The molecule has 0 aromatic rings. The van der Waals surface area contributed by atoms with Crippen molar-refractivity contribution >= 4 is 24.4 Å². The van der Waals surface area contributed by atoms with Crippen molar-refractivity contribution in [2.45, 2.75) is 49.9 Å². The van der Waals surface area contributed by atoms with Crippen LogP contribution in [0.4, 0.5) is 0 Å². The average molecular weight is 178 g/mol. The molecule has 0 nitrogen and oxygen atoms in total. The van der Waals surface area contributed by atoms with Gasteiger partial charge in [-0.25, -0.2) is 0 Å². The third-order valence-corrected chi connectivity index (χ3v) is 3.85. The third-order valence-electron chi connectivity index (χ3n) is 1.69. The molecule has 2 heteroatoms. The van der Waals surface area contributed by atoms with Crippen LogP contribution in [0, 0.1) is 0 Å². The van der Waals surface area contributed by atoms with E-state index in [1.807, 2.05) is 11.8 Å². The minimum Gasteiger partial charge on any atom is -0.162 e. The Morgan fingerprint density at radius 3 is 2.30 bits per heavy atom. The zero-order valence-corrected chi connectivity index (χ0v) is 9.06. The van der Waals surface area contributed by atoms with E-state index >= 15 is 0 Å². The second kappa shape index (κ2) is 4.55. The van der Waals surface area contributed by atoms with Gasteiger partial charge in [-0.1, -0.05) is 20.8 Å². The van der Waals surface area contributed by atoms with Crippen LogP contribution in [0.5, 0.6) is 0 Å². The van der Waals surface area contributed by atoms with Crippen molar-refractivity contribution in [1.82, 2.24) is 0 Å². The summed E-state index contributed by atoms with van der Waals surface area (Å²) in [5.41, 5.74) is 0. The van der Waals surface area contributed by atoms with Crippen LogP contribution in [0.1, 0.15) is 40.5 Å². The lowest BCUT2D eigenvalue weighted by Crippen LogP contribution is -2.13. The Hall–Kier alpha value is 0.700. The summed E-state index contributed by atoms with van der Waals surface area (Å²) in [7, 11) is 0. The van der Waals surface area contributed by atoms with E-state index in [0.29, 0.717) is 0 Å². The van der Waals surface area contributed by atoms with E-state index in [9.17, 15) is 0 Å². The molecule has 0 fully saturated rings.